The van der Waals surface area contributed by atoms with Crippen molar-refractivity contribution in [3.63, 3.8) is 0 Å². The molecule has 1 aliphatic heterocycles. The third-order valence-corrected chi connectivity index (χ3v) is 2.13. The summed E-state index contributed by atoms with van der Waals surface area (Å²) < 4.78 is 5.45. The maximum Gasteiger partial charge on any atom is 0.0728 e. The lowest BCUT2D eigenvalue weighted by atomic mass is 10.2. The van der Waals surface area contributed by atoms with Crippen LogP contribution in [0, 0.1) is 5.92 Å². The van der Waals surface area contributed by atoms with E-state index in [1.54, 1.807) is 0 Å². The zero-order valence-corrected chi connectivity index (χ0v) is 5.05. The van der Waals surface area contributed by atoms with Gasteiger partial charge in [0.1, 0.15) is 0 Å². The van der Waals surface area contributed by atoms with E-state index in [0.717, 1.165) is 12.5 Å². The molecule has 0 aromatic heterocycles. The zero-order chi connectivity index (χ0) is 5.61. The number of hydrogen-bond donors (Lipinski definition) is 0. The van der Waals surface area contributed by atoms with Crippen LogP contribution in [-0.2, 0) is 4.74 Å². The monoisotopic (exact) mass is 110 g/mol. The van der Waals surface area contributed by atoms with Gasteiger partial charge in [-0.15, -0.1) is 0 Å². The van der Waals surface area contributed by atoms with Crippen molar-refractivity contribution >= 4 is 0 Å². The fraction of sp³-hybridized carbons (Fsp3) is 0.714. The molecular formula is C7H10O. The highest BCUT2D eigenvalue weighted by molar-refractivity contribution is 5.15. The summed E-state index contributed by atoms with van der Waals surface area (Å²) in [5.74, 6) is 0.747. The Bertz CT molecular complexity index is 139. The van der Waals surface area contributed by atoms with Gasteiger partial charge < -0.3 is 4.74 Å². The Morgan fingerprint density at radius 1 is 1.75 bits per heavy atom. The van der Waals surface area contributed by atoms with Crippen LogP contribution in [0.3, 0.4) is 0 Å². The highest BCUT2D eigenvalue weighted by atomic mass is 16.5. The van der Waals surface area contributed by atoms with Crippen LogP contribution in [-0.4, -0.2) is 12.2 Å². The molecule has 0 aromatic carbocycles. The van der Waals surface area contributed by atoms with Crippen molar-refractivity contribution in [3.05, 3.63) is 12.2 Å². The Balaban J connectivity index is 2.20. The lowest BCUT2D eigenvalue weighted by Crippen LogP contribution is -2.14. The SMILES string of the molecule is CC12CC1C=CCO2. The van der Waals surface area contributed by atoms with Gasteiger partial charge in [-0.3, -0.25) is 0 Å². The molecule has 1 heteroatoms. The van der Waals surface area contributed by atoms with E-state index in [0.29, 0.717) is 0 Å². The van der Waals surface area contributed by atoms with E-state index >= 15 is 0 Å². The van der Waals surface area contributed by atoms with Crippen LogP contribution in [0.5, 0.6) is 0 Å². The zero-order valence-electron chi connectivity index (χ0n) is 5.05. The highest BCUT2D eigenvalue weighted by Crippen LogP contribution is 2.49. The van der Waals surface area contributed by atoms with Crippen molar-refractivity contribution in [3.8, 4) is 0 Å². The maximum absolute atomic E-state index is 5.45. The predicted octanol–water partition coefficient (Wildman–Crippen LogP) is 1.35. The first-order valence-electron chi connectivity index (χ1n) is 3.12. The highest BCUT2D eigenvalue weighted by Gasteiger charge is 2.50. The van der Waals surface area contributed by atoms with Crippen LogP contribution >= 0.6 is 0 Å². The minimum absolute atomic E-state index is 0.259. The number of ether oxygens (including phenoxy) is 1. The molecule has 2 rings (SSSR count). The summed E-state index contributed by atoms with van der Waals surface area (Å²) in [4.78, 5) is 0. The maximum atomic E-state index is 5.45. The standard InChI is InChI=1S/C7H10O/c1-7-5-6(7)3-2-4-8-7/h2-3,6H,4-5H2,1H3. The van der Waals surface area contributed by atoms with E-state index < -0.39 is 0 Å². The molecule has 44 valence electrons. The van der Waals surface area contributed by atoms with Gasteiger partial charge in [0.05, 0.1) is 12.2 Å². The molecule has 2 unspecified atom stereocenters. The average molecular weight is 110 g/mol. The lowest BCUT2D eigenvalue weighted by Gasteiger charge is -2.12. The topological polar surface area (TPSA) is 9.23 Å². The Labute approximate surface area is 49.3 Å². The molecule has 0 spiro atoms. The molecule has 2 atom stereocenters. The van der Waals surface area contributed by atoms with Crippen LogP contribution in [0.4, 0.5) is 0 Å². The summed E-state index contributed by atoms with van der Waals surface area (Å²) in [6.45, 7) is 3.01. The summed E-state index contributed by atoms with van der Waals surface area (Å²) in [6.07, 6.45) is 5.62. The van der Waals surface area contributed by atoms with Crippen LogP contribution in [0.2, 0.25) is 0 Å². The van der Waals surface area contributed by atoms with Crippen molar-refractivity contribution in [2.24, 2.45) is 5.92 Å². The molecule has 0 amide bonds. The number of fused-ring (bicyclic) bond motifs is 1. The summed E-state index contributed by atoms with van der Waals surface area (Å²) in [5, 5.41) is 0. The first-order chi connectivity index (χ1) is 3.81. The third kappa shape index (κ3) is 0.451. The second-order valence-corrected chi connectivity index (χ2v) is 2.86. The van der Waals surface area contributed by atoms with Crippen molar-refractivity contribution < 1.29 is 4.74 Å². The molecule has 0 bridgehead atoms. The molecule has 0 N–H and O–H groups in total. The van der Waals surface area contributed by atoms with Gasteiger partial charge in [0.25, 0.3) is 0 Å². The summed E-state index contributed by atoms with van der Waals surface area (Å²) in [6, 6.07) is 0. The van der Waals surface area contributed by atoms with E-state index in [9.17, 15) is 0 Å². The van der Waals surface area contributed by atoms with Gasteiger partial charge in [0.15, 0.2) is 0 Å². The number of rotatable bonds is 0. The normalized spacial score (nSPS) is 50.9. The fourth-order valence-electron chi connectivity index (χ4n) is 1.27. The van der Waals surface area contributed by atoms with E-state index in [1.807, 2.05) is 0 Å². The molecule has 1 nitrogen and oxygen atoms in total. The molecule has 2 aliphatic rings. The first kappa shape index (κ1) is 4.57. The van der Waals surface area contributed by atoms with E-state index in [2.05, 4.69) is 19.1 Å². The smallest absolute Gasteiger partial charge is 0.0728 e. The molecule has 1 aliphatic carbocycles. The summed E-state index contributed by atoms with van der Waals surface area (Å²) in [7, 11) is 0. The van der Waals surface area contributed by atoms with Crippen molar-refractivity contribution in [1.82, 2.24) is 0 Å². The van der Waals surface area contributed by atoms with Crippen LogP contribution in [0.25, 0.3) is 0 Å². The van der Waals surface area contributed by atoms with Crippen molar-refractivity contribution in [2.45, 2.75) is 18.9 Å². The second-order valence-electron chi connectivity index (χ2n) is 2.86. The molecule has 1 heterocycles. The molecular weight excluding hydrogens is 100 g/mol. The summed E-state index contributed by atoms with van der Waals surface area (Å²) >= 11 is 0. The van der Waals surface area contributed by atoms with Crippen molar-refractivity contribution in [1.29, 1.82) is 0 Å². The number of hydrogen-bond acceptors (Lipinski definition) is 1. The molecule has 0 aromatic rings. The largest absolute Gasteiger partial charge is 0.371 e. The Morgan fingerprint density at radius 2 is 2.62 bits per heavy atom. The van der Waals surface area contributed by atoms with Crippen LogP contribution in [0.15, 0.2) is 12.2 Å². The Kier molecular flexibility index (Phi) is 0.662. The first-order valence-corrected chi connectivity index (χ1v) is 3.12. The van der Waals surface area contributed by atoms with Gasteiger partial charge in [0.2, 0.25) is 0 Å². The minimum atomic E-state index is 0.259. The average Bonchev–Trinajstić information content (AvgIpc) is 2.39. The molecule has 1 fully saturated rings. The van der Waals surface area contributed by atoms with Gasteiger partial charge in [-0.2, -0.15) is 0 Å². The minimum Gasteiger partial charge on any atom is -0.371 e. The third-order valence-electron chi connectivity index (χ3n) is 2.13. The summed E-state index contributed by atoms with van der Waals surface area (Å²) in [5.41, 5.74) is 0.259. The van der Waals surface area contributed by atoms with Crippen molar-refractivity contribution in [2.75, 3.05) is 6.61 Å². The van der Waals surface area contributed by atoms with Gasteiger partial charge in [0, 0.05) is 5.92 Å². The van der Waals surface area contributed by atoms with E-state index in [-0.39, 0.29) is 5.60 Å². The van der Waals surface area contributed by atoms with E-state index in [1.165, 1.54) is 6.42 Å². The van der Waals surface area contributed by atoms with Gasteiger partial charge in [-0.1, -0.05) is 12.2 Å². The van der Waals surface area contributed by atoms with Gasteiger partial charge in [-0.05, 0) is 13.3 Å². The van der Waals surface area contributed by atoms with E-state index in [4.69, 9.17) is 4.74 Å². The quantitative estimate of drug-likeness (QED) is 0.428. The van der Waals surface area contributed by atoms with Crippen LogP contribution < -0.4 is 0 Å². The van der Waals surface area contributed by atoms with Gasteiger partial charge in [-0.25, -0.2) is 0 Å². The second kappa shape index (κ2) is 1.16. The molecule has 0 radical (unpaired) electrons. The fourth-order valence-corrected chi connectivity index (χ4v) is 1.27. The van der Waals surface area contributed by atoms with Gasteiger partial charge >= 0.3 is 0 Å². The predicted molar refractivity (Wildman–Crippen MR) is 31.6 cm³/mol. The lowest BCUT2D eigenvalue weighted by molar-refractivity contribution is 0.0529. The Morgan fingerprint density at radius 3 is 3.12 bits per heavy atom. The molecule has 8 heavy (non-hydrogen) atoms. The Hall–Kier alpha value is -0.300. The molecule has 1 saturated carbocycles. The molecule has 0 saturated heterocycles. The van der Waals surface area contributed by atoms with Crippen LogP contribution in [0.1, 0.15) is 13.3 Å².